The van der Waals surface area contributed by atoms with E-state index in [1.54, 1.807) is 0 Å². The van der Waals surface area contributed by atoms with Gasteiger partial charge in [0.25, 0.3) is 0 Å². The van der Waals surface area contributed by atoms with Gasteiger partial charge in [-0.3, -0.25) is 14.9 Å². The number of rotatable bonds is 7. The first-order valence-corrected chi connectivity index (χ1v) is 10.2. The molecule has 1 heterocycles. The topological polar surface area (TPSA) is 103 Å². The van der Waals surface area contributed by atoms with E-state index in [4.69, 9.17) is 11.6 Å². The number of thioether (sulfide) groups is 1. The van der Waals surface area contributed by atoms with Gasteiger partial charge in [0.15, 0.2) is 11.0 Å². The molecule has 0 spiro atoms. The van der Waals surface area contributed by atoms with E-state index in [2.05, 4.69) is 15.5 Å². The number of aromatic nitrogens is 3. The average Bonchev–Trinajstić information content (AvgIpc) is 3.12. The molecule has 11 heteroatoms. The Morgan fingerprint density at radius 3 is 2.73 bits per heavy atom. The summed E-state index contributed by atoms with van der Waals surface area (Å²) in [6.45, 7) is 4.43. The summed E-state index contributed by atoms with van der Waals surface area (Å²) in [6.07, 6.45) is 0. The second-order valence-corrected chi connectivity index (χ2v) is 7.62. The van der Waals surface area contributed by atoms with Gasteiger partial charge in [-0.05, 0) is 37.6 Å². The zero-order valence-electron chi connectivity index (χ0n) is 16.1. The van der Waals surface area contributed by atoms with Crippen LogP contribution in [0.4, 0.5) is 15.8 Å². The van der Waals surface area contributed by atoms with Crippen molar-refractivity contribution in [3.8, 4) is 11.4 Å². The third kappa shape index (κ3) is 4.77. The van der Waals surface area contributed by atoms with Crippen molar-refractivity contribution in [2.24, 2.45) is 0 Å². The van der Waals surface area contributed by atoms with E-state index in [1.165, 1.54) is 17.8 Å². The molecule has 0 atom stereocenters. The number of amides is 1. The predicted molar refractivity (Wildman–Crippen MR) is 113 cm³/mol. The molecule has 3 aromatic rings. The number of nitrogens with zero attached hydrogens (tertiary/aromatic N) is 4. The molecule has 0 fully saturated rings. The number of nitro groups is 1. The summed E-state index contributed by atoms with van der Waals surface area (Å²) < 4.78 is 15.3. The highest BCUT2D eigenvalue weighted by molar-refractivity contribution is 7.99. The summed E-state index contributed by atoms with van der Waals surface area (Å²) in [6, 6.07) is 8.79. The van der Waals surface area contributed by atoms with Crippen molar-refractivity contribution >= 4 is 40.6 Å². The van der Waals surface area contributed by atoms with Crippen molar-refractivity contribution in [1.29, 1.82) is 0 Å². The summed E-state index contributed by atoms with van der Waals surface area (Å²) in [5.41, 5.74) is 1.21. The van der Waals surface area contributed by atoms with Gasteiger partial charge in [0.1, 0.15) is 0 Å². The normalized spacial score (nSPS) is 10.8. The van der Waals surface area contributed by atoms with Crippen molar-refractivity contribution in [3.05, 3.63) is 62.9 Å². The molecule has 1 N–H and O–H groups in total. The number of carbonyl (C=O) groups is 1. The minimum atomic E-state index is -0.966. The van der Waals surface area contributed by atoms with Gasteiger partial charge in [-0.2, -0.15) is 4.39 Å². The molecule has 8 nitrogen and oxygen atoms in total. The van der Waals surface area contributed by atoms with Crippen LogP contribution in [0.2, 0.25) is 5.02 Å². The van der Waals surface area contributed by atoms with Crippen LogP contribution in [0, 0.1) is 22.9 Å². The molecule has 0 aliphatic heterocycles. The van der Waals surface area contributed by atoms with E-state index in [-0.39, 0.29) is 11.4 Å². The van der Waals surface area contributed by atoms with Crippen LogP contribution in [0.3, 0.4) is 0 Å². The van der Waals surface area contributed by atoms with Crippen LogP contribution < -0.4 is 5.32 Å². The summed E-state index contributed by atoms with van der Waals surface area (Å²) in [7, 11) is 0. The molecule has 156 valence electrons. The molecule has 0 aliphatic carbocycles. The Hall–Kier alpha value is -2.98. The lowest BCUT2D eigenvalue weighted by Gasteiger charge is -2.09. The molecular weight excluding hydrogens is 433 g/mol. The first-order valence-electron chi connectivity index (χ1n) is 8.86. The molecule has 3 rings (SSSR count). The number of nitro benzene ring substituents is 1. The molecule has 30 heavy (non-hydrogen) atoms. The van der Waals surface area contributed by atoms with Gasteiger partial charge in [0.2, 0.25) is 11.7 Å². The molecule has 1 amide bonds. The summed E-state index contributed by atoms with van der Waals surface area (Å²) in [4.78, 5) is 22.2. The molecular formula is C19H17ClFN5O3S. The molecule has 0 unspecified atom stereocenters. The SMILES string of the molecule is CCn1c(SCC(=O)Nc2ccc(F)c([N+](=O)[O-])c2)nnc1-c1ccc(C)c(Cl)c1. The summed E-state index contributed by atoms with van der Waals surface area (Å²) in [5, 5.41) is 22.9. The van der Waals surface area contributed by atoms with Crippen LogP contribution in [0.25, 0.3) is 11.4 Å². The van der Waals surface area contributed by atoms with E-state index in [1.807, 2.05) is 36.6 Å². The van der Waals surface area contributed by atoms with Crippen molar-refractivity contribution in [2.75, 3.05) is 11.1 Å². The molecule has 0 saturated heterocycles. The monoisotopic (exact) mass is 449 g/mol. The molecule has 1 aromatic heterocycles. The molecule has 0 bridgehead atoms. The van der Waals surface area contributed by atoms with Crippen LogP contribution in [0.5, 0.6) is 0 Å². The maximum atomic E-state index is 13.4. The number of hydrogen-bond donors (Lipinski definition) is 1. The number of hydrogen-bond acceptors (Lipinski definition) is 6. The lowest BCUT2D eigenvalue weighted by molar-refractivity contribution is -0.387. The number of anilines is 1. The Bertz CT molecular complexity index is 1120. The van der Waals surface area contributed by atoms with Crippen molar-refractivity contribution in [1.82, 2.24) is 14.8 Å². The van der Waals surface area contributed by atoms with Gasteiger partial charge in [-0.1, -0.05) is 35.5 Å². The highest BCUT2D eigenvalue weighted by Crippen LogP contribution is 2.28. The van der Waals surface area contributed by atoms with Gasteiger partial charge in [0, 0.05) is 28.9 Å². The lowest BCUT2D eigenvalue weighted by atomic mass is 10.1. The Labute approximate surface area is 180 Å². The Morgan fingerprint density at radius 2 is 2.07 bits per heavy atom. The molecule has 2 aromatic carbocycles. The smallest absolute Gasteiger partial charge is 0.306 e. The maximum Gasteiger partial charge on any atom is 0.306 e. The van der Waals surface area contributed by atoms with Gasteiger partial charge in [-0.25, -0.2) is 0 Å². The first kappa shape index (κ1) is 21.7. The third-order valence-electron chi connectivity index (χ3n) is 4.22. The van der Waals surface area contributed by atoms with Gasteiger partial charge >= 0.3 is 5.69 Å². The molecule has 0 saturated carbocycles. The minimum Gasteiger partial charge on any atom is -0.325 e. The van der Waals surface area contributed by atoms with Crippen molar-refractivity contribution < 1.29 is 14.1 Å². The lowest BCUT2D eigenvalue weighted by Crippen LogP contribution is -2.15. The quantitative estimate of drug-likeness (QED) is 0.318. The summed E-state index contributed by atoms with van der Waals surface area (Å²) in [5.74, 6) is -0.743. The van der Waals surface area contributed by atoms with Crippen LogP contribution in [0.1, 0.15) is 12.5 Å². The second-order valence-electron chi connectivity index (χ2n) is 6.27. The average molecular weight is 450 g/mol. The maximum absolute atomic E-state index is 13.4. The predicted octanol–water partition coefficient (Wildman–Crippen LogP) is 4.70. The van der Waals surface area contributed by atoms with E-state index >= 15 is 0 Å². The minimum absolute atomic E-state index is 0.00202. The van der Waals surface area contributed by atoms with E-state index in [0.717, 1.165) is 23.3 Å². The van der Waals surface area contributed by atoms with Crippen molar-refractivity contribution in [3.63, 3.8) is 0 Å². The highest BCUT2D eigenvalue weighted by Gasteiger charge is 2.17. The number of carbonyl (C=O) groups excluding carboxylic acids is 1. The Morgan fingerprint density at radius 1 is 1.30 bits per heavy atom. The van der Waals surface area contributed by atoms with Crippen molar-refractivity contribution in [2.45, 2.75) is 25.5 Å². The number of aryl methyl sites for hydroxylation is 1. The Balaban J connectivity index is 1.71. The van der Waals surface area contributed by atoms with E-state index < -0.39 is 22.3 Å². The number of nitrogens with one attached hydrogen (secondary N) is 1. The standard InChI is InChI=1S/C19H17ClFN5O3S/c1-3-25-18(12-5-4-11(2)14(20)8-12)23-24-19(25)30-10-17(27)22-13-6-7-15(21)16(9-13)26(28)29/h4-9H,3,10H2,1-2H3,(H,22,27). The van der Waals surface area contributed by atoms with Crippen LogP contribution >= 0.6 is 23.4 Å². The largest absolute Gasteiger partial charge is 0.325 e. The fourth-order valence-corrected chi connectivity index (χ4v) is 3.67. The van der Waals surface area contributed by atoms with E-state index in [9.17, 15) is 19.3 Å². The highest BCUT2D eigenvalue weighted by atomic mass is 35.5. The van der Waals surface area contributed by atoms with Gasteiger partial charge in [-0.15, -0.1) is 10.2 Å². The molecule has 0 aliphatic rings. The zero-order valence-corrected chi connectivity index (χ0v) is 17.6. The Kier molecular flexibility index (Phi) is 6.68. The zero-order chi connectivity index (χ0) is 21.8. The van der Waals surface area contributed by atoms with Gasteiger partial charge < -0.3 is 9.88 Å². The van der Waals surface area contributed by atoms with Crippen LogP contribution in [-0.4, -0.2) is 31.3 Å². The second kappa shape index (κ2) is 9.23. The fraction of sp³-hybridized carbons (Fsp3) is 0.211. The van der Waals surface area contributed by atoms with Gasteiger partial charge in [0.05, 0.1) is 10.7 Å². The fourth-order valence-electron chi connectivity index (χ4n) is 2.68. The number of halogens is 2. The van der Waals surface area contributed by atoms with Crippen LogP contribution in [-0.2, 0) is 11.3 Å². The summed E-state index contributed by atoms with van der Waals surface area (Å²) >= 11 is 7.38. The third-order valence-corrected chi connectivity index (χ3v) is 5.60. The van der Waals surface area contributed by atoms with E-state index in [0.29, 0.717) is 22.5 Å². The number of benzene rings is 2. The first-order chi connectivity index (χ1) is 14.3. The van der Waals surface area contributed by atoms with Crippen LogP contribution in [0.15, 0.2) is 41.6 Å². The molecule has 0 radical (unpaired) electrons.